The first kappa shape index (κ1) is 9.21. The number of ether oxygens (including phenoxy) is 1. The molecule has 0 amide bonds. The second-order valence-electron chi connectivity index (χ2n) is 3.34. The number of hydrogen-bond acceptors (Lipinski definition) is 3. The fourth-order valence-corrected chi connectivity index (χ4v) is 1.57. The van der Waals surface area contributed by atoms with E-state index in [9.17, 15) is 4.79 Å². The molecule has 2 rings (SSSR count). The first-order valence-corrected chi connectivity index (χ1v) is 4.67. The SMILES string of the molecule is O=C(O)c1cnc(C2CCCCO2)[nH]1. The molecule has 1 saturated heterocycles. The lowest BCUT2D eigenvalue weighted by atomic mass is 10.1. The van der Waals surface area contributed by atoms with Crippen molar-refractivity contribution in [3.63, 3.8) is 0 Å². The van der Waals surface area contributed by atoms with Crippen molar-refractivity contribution in [1.29, 1.82) is 0 Å². The van der Waals surface area contributed by atoms with Crippen molar-refractivity contribution >= 4 is 5.97 Å². The van der Waals surface area contributed by atoms with Gasteiger partial charge in [-0.3, -0.25) is 0 Å². The van der Waals surface area contributed by atoms with Crippen molar-refractivity contribution in [2.24, 2.45) is 0 Å². The van der Waals surface area contributed by atoms with Crippen molar-refractivity contribution in [2.75, 3.05) is 6.61 Å². The van der Waals surface area contributed by atoms with E-state index in [0.717, 1.165) is 25.9 Å². The number of nitrogens with one attached hydrogen (secondary N) is 1. The van der Waals surface area contributed by atoms with E-state index < -0.39 is 5.97 Å². The van der Waals surface area contributed by atoms with Gasteiger partial charge in [0, 0.05) is 6.61 Å². The van der Waals surface area contributed by atoms with E-state index in [4.69, 9.17) is 9.84 Å². The second-order valence-corrected chi connectivity index (χ2v) is 3.34. The van der Waals surface area contributed by atoms with Gasteiger partial charge < -0.3 is 14.8 Å². The molecule has 14 heavy (non-hydrogen) atoms. The molecule has 1 aromatic rings. The first-order chi connectivity index (χ1) is 6.77. The maximum Gasteiger partial charge on any atom is 0.353 e. The van der Waals surface area contributed by atoms with Gasteiger partial charge in [0.15, 0.2) is 0 Å². The number of carboxylic acid groups (broad SMARTS) is 1. The van der Waals surface area contributed by atoms with Gasteiger partial charge in [0.25, 0.3) is 0 Å². The molecule has 76 valence electrons. The summed E-state index contributed by atoms with van der Waals surface area (Å²) < 4.78 is 5.47. The van der Waals surface area contributed by atoms with Gasteiger partial charge in [-0.15, -0.1) is 0 Å². The molecule has 2 heterocycles. The van der Waals surface area contributed by atoms with E-state index in [1.54, 1.807) is 0 Å². The Balaban J connectivity index is 2.11. The van der Waals surface area contributed by atoms with Crippen molar-refractivity contribution in [2.45, 2.75) is 25.4 Å². The smallest absolute Gasteiger partial charge is 0.353 e. The molecule has 5 nitrogen and oxygen atoms in total. The number of rotatable bonds is 2. The maximum absolute atomic E-state index is 10.6. The lowest BCUT2D eigenvalue weighted by molar-refractivity contribution is 0.00987. The molecule has 5 heteroatoms. The van der Waals surface area contributed by atoms with Crippen LogP contribution in [0.5, 0.6) is 0 Å². The van der Waals surface area contributed by atoms with Gasteiger partial charge in [-0.2, -0.15) is 0 Å². The van der Waals surface area contributed by atoms with E-state index in [2.05, 4.69) is 9.97 Å². The van der Waals surface area contributed by atoms with Crippen molar-refractivity contribution in [3.05, 3.63) is 17.7 Å². The van der Waals surface area contributed by atoms with Crippen molar-refractivity contribution in [3.8, 4) is 0 Å². The number of aromatic amines is 1. The van der Waals surface area contributed by atoms with E-state index in [-0.39, 0.29) is 11.8 Å². The average molecular weight is 196 g/mol. The molecular weight excluding hydrogens is 184 g/mol. The van der Waals surface area contributed by atoms with Crippen LogP contribution in [0.25, 0.3) is 0 Å². The predicted octanol–water partition coefficient (Wildman–Crippen LogP) is 1.35. The van der Waals surface area contributed by atoms with Gasteiger partial charge in [0.2, 0.25) is 0 Å². The third-order valence-electron chi connectivity index (χ3n) is 2.31. The molecule has 1 aliphatic rings. The molecule has 0 aromatic carbocycles. The van der Waals surface area contributed by atoms with Crippen molar-refractivity contribution < 1.29 is 14.6 Å². The zero-order valence-corrected chi connectivity index (χ0v) is 7.69. The number of nitrogens with zero attached hydrogens (tertiary/aromatic N) is 1. The topological polar surface area (TPSA) is 75.2 Å². The van der Waals surface area contributed by atoms with E-state index in [0.29, 0.717) is 5.82 Å². The van der Waals surface area contributed by atoms with Gasteiger partial charge in [-0.25, -0.2) is 9.78 Å². The highest BCUT2D eigenvalue weighted by Crippen LogP contribution is 2.25. The van der Waals surface area contributed by atoms with E-state index in [1.807, 2.05) is 0 Å². The Kier molecular flexibility index (Phi) is 2.49. The summed E-state index contributed by atoms with van der Waals surface area (Å²) in [5, 5.41) is 8.68. The van der Waals surface area contributed by atoms with Crippen LogP contribution in [0.15, 0.2) is 6.20 Å². The van der Waals surface area contributed by atoms with E-state index >= 15 is 0 Å². The van der Waals surface area contributed by atoms with Crippen LogP contribution in [0.1, 0.15) is 41.7 Å². The Morgan fingerprint density at radius 2 is 2.50 bits per heavy atom. The fourth-order valence-electron chi connectivity index (χ4n) is 1.57. The number of carbonyl (C=O) groups is 1. The van der Waals surface area contributed by atoms with Crippen LogP contribution in [-0.2, 0) is 4.74 Å². The standard InChI is InChI=1S/C9H12N2O3/c12-9(13)6-5-10-8(11-6)7-3-1-2-4-14-7/h5,7H,1-4H2,(H,10,11)(H,12,13). The number of imidazole rings is 1. The molecule has 1 aromatic heterocycles. The number of aromatic carboxylic acids is 1. The molecule has 0 bridgehead atoms. The van der Waals surface area contributed by atoms with Crippen LogP contribution in [0.4, 0.5) is 0 Å². The molecule has 0 aliphatic carbocycles. The molecular formula is C9H12N2O3. The molecule has 0 radical (unpaired) electrons. The highest BCUT2D eigenvalue weighted by molar-refractivity contribution is 5.85. The molecule has 2 N–H and O–H groups in total. The lowest BCUT2D eigenvalue weighted by Crippen LogP contribution is -2.13. The van der Waals surface area contributed by atoms with E-state index in [1.165, 1.54) is 6.20 Å². The summed E-state index contributed by atoms with van der Waals surface area (Å²) in [4.78, 5) is 17.3. The van der Waals surface area contributed by atoms with Crippen LogP contribution in [0.3, 0.4) is 0 Å². The Labute approximate surface area is 81.1 Å². The van der Waals surface area contributed by atoms with Crippen molar-refractivity contribution in [1.82, 2.24) is 9.97 Å². The average Bonchev–Trinajstić information content (AvgIpc) is 2.68. The first-order valence-electron chi connectivity index (χ1n) is 4.67. The summed E-state index contributed by atoms with van der Waals surface area (Å²) in [6, 6.07) is 0. The summed E-state index contributed by atoms with van der Waals surface area (Å²) in [7, 11) is 0. The summed E-state index contributed by atoms with van der Waals surface area (Å²) in [5.74, 6) is -0.360. The summed E-state index contributed by atoms with van der Waals surface area (Å²) in [6.45, 7) is 0.730. The third-order valence-corrected chi connectivity index (χ3v) is 2.31. The maximum atomic E-state index is 10.6. The molecule has 0 spiro atoms. The number of H-pyrrole nitrogens is 1. The number of hydrogen-bond donors (Lipinski definition) is 2. The minimum Gasteiger partial charge on any atom is -0.477 e. The van der Waals surface area contributed by atoms with Gasteiger partial charge in [-0.05, 0) is 19.3 Å². The Morgan fingerprint density at radius 1 is 1.64 bits per heavy atom. The van der Waals surface area contributed by atoms with Gasteiger partial charge in [-0.1, -0.05) is 0 Å². The lowest BCUT2D eigenvalue weighted by Gasteiger charge is -2.20. The Hall–Kier alpha value is -1.36. The number of aromatic nitrogens is 2. The zero-order chi connectivity index (χ0) is 9.97. The quantitative estimate of drug-likeness (QED) is 0.748. The minimum atomic E-state index is -0.987. The molecule has 1 atom stereocenters. The molecule has 1 fully saturated rings. The van der Waals surface area contributed by atoms with Gasteiger partial charge in [0.05, 0.1) is 6.20 Å². The molecule has 1 unspecified atom stereocenters. The highest BCUT2D eigenvalue weighted by atomic mass is 16.5. The van der Waals surface area contributed by atoms with Gasteiger partial charge >= 0.3 is 5.97 Å². The summed E-state index contributed by atoms with van der Waals surface area (Å²) >= 11 is 0. The number of carboxylic acids is 1. The van der Waals surface area contributed by atoms with Crippen LogP contribution < -0.4 is 0 Å². The minimum absolute atomic E-state index is 0.0585. The second kappa shape index (κ2) is 3.79. The zero-order valence-electron chi connectivity index (χ0n) is 7.69. The van der Waals surface area contributed by atoms with Crippen LogP contribution in [0, 0.1) is 0 Å². The summed E-state index contributed by atoms with van der Waals surface area (Å²) in [6.07, 6.45) is 4.36. The Bertz CT molecular complexity index is 329. The Morgan fingerprint density at radius 3 is 3.07 bits per heavy atom. The van der Waals surface area contributed by atoms with Crippen LogP contribution in [0.2, 0.25) is 0 Å². The fraction of sp³-hybridized carbons (Fsp3) is 0.556. The monoisotopic (exact) mass is 196 g/mol. The highest BCUT2D eigenvalue weighted by Gasteiger charge is 2.19. The van der Waals surface area contributed by atoms with Crippen LogP contribution in [-0.4, -0.2) is 27.7 Å². The third kappa shape index (κ3) is 1.77. The summed E-state index contributed by atoms with van der Waals surface area (Å²) in [5.41, 5.74) is 0.120. The molecule has 1 aliphatic heterocycles. The normalized spacial score (nSPS) is 22.1. The largest absolute Gasteiger partial charge is 0.477 e. The van der Waals surface area contributed by atoms with Gasteiger partial charge in [0.1, 0.15) is 17.6 Å². The van der Waals surface area contributed by atoms with Crippen LogP contribution >= 0.6 is 0 Å². The molecule has 0 saturated carbocycles. The predicted molar refractivity (Wildman–Crippen MR) is 48.1 cm³/mol.